The first-order valence-corrected chi connectivity index (χ1v) is 7.39. The Morgan fingerprint density at radius 1 is 1.21 bits per heavy atom. The molecule has 1 aromatic carbocycles. The van der Waals surface area contributed by atoms with Gasteiger partial charge in [-0.05, 0) is 36.8 Å². The van der Waals surface area contributed by atoms with E-state index in [0.29, 0.717) is 17.1 Å². The normalized spacial score (nSPS) is 13.2. The number of amides is 1. The topological polar surface area (TPSA) is 86.8 Å². The van der Waals surface area contributed by atoms with Crippen molar-refractivity contribution in [3.63, 3.8) is 0 Å². The minimum absolute atomic E-state index is 0.199. The summed E-state index contributed by atoms with van der Waals surface area (Å²) in [6.45, 7) is 1.68. The molecule has 7 heteroatoms. The Morgan fingerprint density at radius 2 is 1.96 bits per heavy atom. The van der Waals surface area contributed by atoms with Gasteiger partial charge in [0.1, 0.15) is 0 Å². The second-order valence-electron chi connectivity index (χ2n) is 5.21. The summed E-state index contributed by atoms with van der Waals surface area (Å²) >= 11 is 0. The number of hydrogen-bond donors (Lipinski definition) is 1. The molecule has 1 amide bonds. The van der Waals surface area contributed by atoms with Crippen LogP contribution in [0.15, 0.2) is 42.7 Å². The standard InChI is InChI=1S/C17H16N2O5/c1-11(13-2-3-14-15(8-13)24-10-23-14)19-16(20)9-22-17(21)12-4-6-18-7-5-12/h2-8,11H,9-10H2,1H3,(H,19,20)/t11-/m0/s1. The van der Waals surface area contributed by atoms with Crippen LogP contribution in [0.3, 0.4) is 0 Å². The lowest BCUT2D eigenvalue weighted by molar-refractivity contribution is -0.124. The second kappa shape index (κ2) is 6.99. The van der Waals surface area contributed by atoms with Gasteiger partial charge in [-0.3, -0.25) is 9.78 Å². The lowest BCUT2D eigenvalue weighted by atomic mass is 10.1. The summed E-state index contributed by atoms with van der Waals surface area (Å²) in [4.78, 5) is 27.5. The molecule has 0 saturated heterocycles. The van der Waals surface area contributed by atoms with Crippen LogP contribution in [0.1, 0.15) is 28.9 Å². The molecule has 0 bridgehead atoms. The maximum Gasteiger partial charge on any atom is 0.338 e. The van der Waals surface area contributed by atoms with Gasteiger partial charge in [0.05, 0.1) is 11.6 Å². The Bertz CT molecular complexity index is 748. The van der Waals surface area contributed by atoms with E-state index in [2.05, 4.69) is 10.3 Å². The number of rotatable bonds is 5. The molecule has 0 unspecified atom stereocenters. The van der Waals surface area contributed by atoms with Gasteiger partial charge in [0.15, 0.2) is 18.1 Å². The summed E-state index contributed by atoms with van der Waals surface area (Å²) < 4.78 is 15.5. The molecule has 0 spiro atoms. The van der Waals surface area contributed by atoms with E-state index in [-0.39, 0.29) is 25.3 Å². The molecule has 1 atom stereocenters. The lowest BCUT2D eigenvalue weighted by Crippen LogP contribution is -2.31. The van der Waals surface area contributed by atoms with Crippen molar-refractivity contribution in [2.45, 2.75) is 13.0 Å². The van der Waals surface area contributed by atoms with Crippen molar-refractivity contribution in [3.8, 4) is 11.5 Å². The van der Waals surface area contributed by atoms with E-state index >= 15 is 0 Å². The Morgan fingerprint density at radius 3 is 2.75 bits per heavy atom. The Balaban J connectivity index is 1.52. The van der Waals surface area contributed by atoms with Gasteiger partial charge in [-0.25, -0.2) is 4.79 Å². The average molecular weight is 328 g/mol. The summed E-state index contributed by atoms with van der Waals surface area (Å²) in [6.07, 6.45) is 2.97. The largest absolute Gasteiger partial charge is 0.454 e. The molecule has 1 N–H and O–H groups in total. The number of carbonyl (C=O) groups excluding carboxylic acids is 2. The molecular formula is C17H16N2O5. The summed E-state index contributed by atoms with van der Waals surface area (Å²) in [5, 5.41) is 2.77. The van der Waals surface area contributed by atoms with Gasteiger partial charge in [0.2, 0.25) is 6.79 Å². The van der Waals surface area contributed by atoms with Crippen molar-refractivity contribution in [1.29, 1.82) is 0 Å². The molecule has 1 aliphatic heterocycles. The zero-order valence-corrected chi connectivity index (χ0v) is 13.0. The Labute approximate surface area is 138 Å². The molecule has 3 rings (SSSR count). The number of ether oxygens (including phenoxy) is 3. The fourth-order valence-electron chi connectivity index (χ4n) is 2.25. The van der Waals surface area contributed by atoms with Gasteiger partial charge in [0.25, 0.3) is 5.91 Å². The van der Waals surface area contributed by atoms with Crippen LogP contribution in [-0.2, 0) is 9.53 Å². The number of aromatic nitrogens is 1. The number of fused-ring (bicyclic) bond motifs is 1. The molecule has 0 aliphatic carbocycles. The first-order chi connectivity index (χ1) is 11.6. The van der Waals surface area contributed by atoms with Gasteiger partial charge < -0.3 is 19.5 Å². The highest BCUT2D eigenvalue weighted by Crippen LogP contribution is 2.34. The minimum atomic E-state index is -0.566. The third-order valence-electron chi connectivity index (χ3n) is 3.52. The first-order valence-electron chi connectivity index (χ1n) is 7.39. The number of esters is 1. The van der Waals surface area contributed by atoms with E-state index in [1.807, 2.05) is 19.1 Å². The van der Waals surface area contributed by atoms with Crippen LogP contribution < -0.4 is 14.8 Å². The molecule has 2 heterocycles. The number of hydrogen-bond acceptors (Lipinski definition) is 6. The smallest absolute Gasteiger partial charge is 0.338 e. The van der Waals surface area contributed by atoms with Gasteiger partial charge in [0, 0.05) is 12.4 Å². The summed E-state index contributed by atoms with van der Waals surface area (Å²) in [5.74, 6) is 0.382. The molecule has 1 aromatic heterocycles. The SMILES string of the molecule is C[C@H](NC(=O)COC(=O)c1ccncc1)c1ccc2c(c1)OCO2. The highest BCUT2D eigenvalue weighted by atomic mass is 16.7. The minimum Gasteiger partial charge on any atom is -0.454 e. The average Bonchev–Trinajstić information content (AvgIpc) is 3.08. The molecule has 7 nitrogen and oxygen atoms in total. The van der Waals surface area contributed by atoms with Crippen molar-refractivity contribution < 1.29 is 23.8 Å². The molecule has 0 saturated carbocycles. The van der Waals surface area contributed by atoms with Crippen LogP contribution in [0, 0.1) is 0 Å². The van der Waals surface area contributed by atoms with Crippen LogP contribution in [0.2, 0.25) is 0 Å². The number of pyridine rings is 1. The molecule has 124 valence electrons. The summed E-state index contributed by atoms with van der Waals surface area (Å²) in [5.41, 5.74) is 1.22. The van der Waals surface area contributed by atoms with Crippen LogP contribution >= 0.6 is 0 Å². The summed E-state index contributed by atoms with van der Waals surface area (Å²) in [7, 11) is 0. The first kappa shape index (κ1) is 15.8. The fraction of sp³-hybridized carbons (Fsp3) is 0.235. The molecular weight excluding hydrogens is 312 g/mol. The third-order valence-corrected chi connectivity index (χ3v) is 3.52. The number of nitrogens with zero attached hydrogens (tertiary/aromatic N) is 1. The van der Waals surface area contributed by atoms with Crippen LogP contribution in [0.5, 0.6) is 11.5 Å². The predicted octanol–water partition coefficient (Wildman–Crippen LogP) is 1.84. The molecule has 24 heavy (non-hydrogen) atoms. The number of nitrogens with one attached hydrogen (secondary N) is 1. The van der Waals surface area contributed by atoms with E-state index in [4.69, 9.17) is 14.2 Å². The maximum atomic E-state index is 11.9. The monoisotopic (exact) mass is 328 g/mol. The molecule has 1 aliphatic rings. The van der Waals surface area contributed by atoms with Crippen LogP contribution in [0.4, 0.5) is 0 Å². The van der Waals surface area contributed by atoms with Crippen molar-refractivity contribution in [2.24, 2.45) is 0 Å². The highest BCUT2D eigenvalue weighted by molar-refractivity contribution is 5.91. The highest BCUT2D eigenvalue weighted by Gasteiger charge is 2.17. The molecule has 2 aromatic rings. The van der Waals surface area contributed by atoms with Crippen molar-refractivity contribution in [3.05, 3.63) is 53.9 Å². The van der Waals surface area contributed by atoms with Gasteiger partial charge in [-0.1, -0.05) is 6.07 Å². The fourth-order valence-corrected chi connectivity index (χ4v) is 2.25. The van der Waals surface area contributed by atoms with Gasteiger partial charge in [-0.2, -0.15) is 0 Å². The van der Waals surface area contributed by atoms with Gasteiger partial charge >= 0.3 is 5.97 Å². The molecule has 0 radical (unpaired) electrons. The quantitative estimate of drug-likeness (QED) is 0.843. The van der Waals surface area contributed by atoms with Crippen LogP contribution in [0.25, 0.3) is 0 Å². The van der Waals surface area contributed by atoms with E-state index in [0.717, 1.165) is 5.56 Å². The van der Waals surface area contributed by atoms with Crippen molar-refractivity contribution >= 4 is 11.9 Å². The number of benzene rings is 1. The van der Waals surface area contributed by atoms with E-state index in [1.54, 1.807) is 6.07 Å². The predicted molar refractivity (Wildman–Crippen MR) is 83.6 cm³/mol. The Hall–Kier alpha value is -3.09. The van der Waals surface area contributed by atoms with Crippen molar-refractivity contribution in [1.82, 2.24) is 10.3 Å². The van der Waals surface area contributed by atoms with E-state index in [9.17, 15) is 9.59 Å². The zero-order chi connectivity index (χ0) is 16.9. The maximum absolute atomic E-state index is 11.9. The third kappa shape index (κ3) is 3.62. The zero-order valence-electron chi connectivity index (χ0n) is 13.0. The van der Waals surface area contributed by atoms with Gasteiger partial charge in [-0.15, -0.1) is 0 Å². The lowest BCUT2D eigenvalue weighted by Gasteiger charge is -2.15. The van der Waals surface area contributed by atoms with E-state index < -0.39 is 5.97 Å². The second-order valence-corrected chi connectivity index (χ2v) is 5.21. The molecule has 0 fully saturated rings. The van der Waals surface area contributed by atoms with Crippen molar-refractivity contribution in [2.75, 3.05) is 13.4 Å². The van der Waals surface area contributed by atoms with Crippen LogP contribution in [-0.4, -0.2) is 30.3 Å². The number of carbonyl (C=O) groups is 2. The van der Waals surface area contributed by atoms with E-state index in [1.165, 1.54) is 24.5 Å². The Kier molecular flexibility index (Phi) is 4.60. The summed E-state index contributed by atoms with van der Waals surface area (Å²) in [6, 6.07) is 8.25.